The summed E-state index contributed by atoms with van der Waals surface area (Å²) in [7, 11) is 0. The van der Waals surface area contributed by atoms with E-state index >= 15 is 0 Å². The fourth-order valence-electron chi connectivity index (χ4n) is 1.36. The molecule has 2 aromatic rings. The number of benzene rings is 1. The Hall–Kier alpha value is -2.12. The molecule has 17 heavy (non-hydrogen) atoms. The second kappa shape index (κ2) is 4.81. The molecule has 0 bridgehead atoms. The molecule has 1 aromatic carbocycles. The molecule has 1 N–H and O–H groups in total. The van der Waals surface area contributed by atoms with E-state index in [-0.39, 0.29) is 5.75 Å². The van der Waals surface area contributed by atoms with Gasteiger partial charge in [0.05, 0.1) is 5.57 Å². The zero-order valence-electron chi connectivity index (χ0n) is 9.21. The number of rotatable bonds is 2. The maximum absolute atomic E-state index is 9.17. The largest absolute Gasteiger partial charge is 0.508 e. The molecule has 0 aliphatic carbocycles. The van der Waals surface area contributed by atoms with Crippen molar-refractivity contribution in [1.29, 1.82) is 5.26 Å². The van der Waals surface area contributed by atoms with Crippen LogP contribution in [0.2, 0.25) is 0 Å². The minimum Gasteiger partial charge on any atom is -0.508 e. The van der Waals surface area contributed by atoms with Gasteiger partial charge >= 0.3 is 0 Å². The summed E-state index contributed by atoms with van der Waals surface area (Å²) in [6.07, 6.45) is 1.76. The highest BCUT2D eigenvalue weighted by Gasteiger charge is 2.05. The van der Waals surface area contributed by atoms with Gasteiger partial charge in [-0.2, -0.15) is 5.26 Å². The van der Waals surface area contributed by atoms with Crippen molar-refractivity contribution in [3.8, 4) is 11.8 Å². The molecular formula is C13H10N2OS. The second-order valence-electron chi connectivity index (χ2n) is 3.56. The highest BCUT2D eigenvalue weighted by Crippen LogP contribution is 2.22. The molecule has 84 valence electrons. The third-order valence-corrected chi connectivity index (χ3v) is 3.17. The quantitative estimate of drug-likeness (QED) is 0.822. The third kappa shape index (κ3) is 2.71. The van der Waals surface area contributed by atoms with Crippen LogP contribution in [0.25, 0.3) is 11.6 Å². The summed E-state index contributed by atoms with van der Waals surface area (Å²) in [5, 5.41) is 20.9. The highest BCUT2D eigenvalue weighted by atomic mass is 32.1. The van der Waals surface area contributed by atoms with Crippen LogP contribution in [0.1, 0.15) is 16.3 Å². The van der Waals surface area contributed by atoms with E-state index in [0.717, 1.165) is 16.3 Å². The lowest BCUT2D eigenvalue weighted by Gasteiger charge is -1.96. The molecule has 0 saturated carbocycles. The lowest BCUT2D eigenvalue weighted by atomic mass is 10.1. The molecule has 3 nitrogen and oxygen atoms in total. The van der Waals surface area contributed by atoms with Gasteiger partial charge in [0.25, 0.3) is 0 Å². The van der Waals surface area contributed by atoms with Crippen LogP contribution >= 0.6 is 11.3 Å². The smallest absolute Gasteiger partial charge is 0.134 e. The Kier molecular flexibility index (Phi) is 3.22. The van der Waals surface area contributed by atoms with E-state index in [1.54, 1.807) is 30.3 Å². The number of allylic oxidation sites excluding steroid dienone is 1. The summed E-state index contributed by atoms with van der Waals surface area (Å²) < 4.78 is 0. The Morgan fingerprint density at radius 2 is 2.12 bits per heavy atom. The Morgan fingerprint density at radius 1 is 1.41 bits per heavy atom. The maximum atomic E-state index is 9.17. The summed E-state index contributed by atoms with van der Waals surface area (Å²) in [6.45, 7) is 1.90. The van der Waals surface area contributed by atoms with E-state index in [2.05, 4.69) is 11.1 Å². The molecule has 0 unspecified atom stereocenters. The number of aromatic nitrogens is 1. The molecule has 0 fully saturated rings. The molecule has 4 heteroatoms. The van der Waals surface area contributed by atoms with Crippen molar-refractivity contribution in [2.75, 3.05) is 0 Å². The predicted octanol–water partition coefficient (Wildman–Crippen LogP) is 3.22. The average Bonchev–Trinajstić information content (AvgIpc) is 2.75. The summed E-state index contributed by atoms with van der Waals surface area (Å²) in [6, 6.07) is 8.84. The Labute approximate surface area is 103 Å². The minimum atomic E-state index is 0.214. The van der Waals surface area contributed by atoms with Crippen LogP contribution in [-0.4, -0.2) is 10.1 Å². The Morgan fingerprint density at radius 3 is 2.65 bits per heavy atom. The fourth-order valence-corrected chi connectivity index (χ4v) is 2.12. The van der Waals surface area contributed by atoms with Gasteiger partial charge in [0.1, 0.15) is 16.8 Å². The number of phenolic OH excluding ortho intramolecular Hbond substituents is 1. The topological polar surface area (TPSA) is 56.9 Å². The van der Waals surface area contributed by atoms with Crippen molar-refractivity contribution < 1.29 is 5.11 Å². The van der Waals surface area contributed by atoms with E-state index < -0.39 is 0 Å². The maximum Gasteiger partial charge on any atom is 0.134 e. The van der Waals surface area contributed by atoms with Gasteiger partial charge in [-0.05, 0) is 30.7 Å². The van der Waals surface area contributed by atoms with Gasteiger partial charge in [-0.15, -0.1) is 11.3 Å². The number of aryl methyl sites for hydroxylation is 1. The van der Waals surface area contributed by atoms with Crippen LogP contribution in [0, 0.1) is 18.3 Å². The number of thiazole rings is 1. The molecule has 0 saturated heterocycles. The molecule has 1 heterocycles. The first-order chi connectivity index (χ1) is 8.19. The molecule has 0 atom stereocenters. The predicted molar refractivity (Wildman–Crippen MR) is 68.4 cm³/mol. The highest BCUT2D eigenvalue weighted by molar-refractivity contribution is 7.11. The molecule has 2 rings (SSSR count). The Balaban J connectivity index is 2.36. The van der Waals surface area contributed by atoms with Gasteiger partial charge in [0.2, 0.25) is 0 Å². The van der Waals surface area contributed by atoms with Crippen molar-refractivity contribution in [3.63, 3.8) is 0 Å². The van der Waals surface area contributed by atoms with Crippen LogP contribution in [0.3, 0.4) is 0 Å². The number of nitriles is 1. The van der Waals surface area contributed by atoms with E-state index in [1.165, 1.54) is 11.3 Å². The van der Waals surface area contributed by atoms with Gasteiger partial charge in [-0.3, -0.25) is 0 Å². The number of phenols is 1. The number of aromatic hydroxyl groups is 1. The van der Waals surface area contributed by atoms with Crippen molar-refractivity contribution in [3.05, 3.63) is 45.9 Å². The van der Waals surface area contributed by atoms with Crippen molar-refractivity contribution >= 4 is 23.0 Å². The SMILES string of the molecule is Cc1csc(/C(C#N)=C\c2ccc(O)cc2)n1. The van der Waals surface area contributed by atoms with Gasteiger partial charge in [-0.1, -0.05) is 12.1 Å². The van der Waals surface area contributed by atoms with Crippen molar-refractivity contribution in [1.82, 2.24) is 4.98 Å². The van der Waals surface area contributed by atoms with Gasteiger partial charge in [0.15, 0.2) is 0 Å². The van der Waals surface area contributed by atoms with E-state index in [4.69, 9.17) is 5.26 Å². The van der Waals surface area contributed by atoms with Crippen LogP contribution in [0.15, 0.2) is 29.6 Å². The minimum absolute atomic E-state index is 0.214. The molecule has 0 aliphatic heterocycles. The molecule has 1 aromatic heterocycles. The van der Waals surface area contributed by atoms with E-state index in [0.29, 0.717) is 5.57 Å². The van der Waals surface area contributed by atoms with Gasteiger partial charge in [0, 0.05) is 11.1 Å². The molecular weight excluding hydrogens is 232 g/mol. The van der Waals surface area contributed by atoms with Crippen LogP contribution in [-0.2, 0) is 0 Å². The standard InChI is InChI=1S/C13H10N2OS/c1-9-8-17-13(15-9)11(7-14)6-10-2-4-12(16)5-3-10/h2-6,8,16H,1H3/b11-6-. The second-order valence-corrected chi connectivity index (χ2v) is 4.41. The zero-order chi connectivity index (χ0) is 12.3. The third-order valence-electron chi connectivity index (χ3n) is 2.17. The molecule has 0 amide bonds. The first kappa shape index (κ1) is 11.4. The lowest BCUT2D eigenvalue weighted by molar-refractivity contribution is 0.475. The van der Waals surface area contributed by atoms with Crippen molar-refractivity contribution in [2.45, 2.75) is 6.92 Å². The molecule has 0 spiro atoms. The zero-order valence-corrected chi connectivity index (χ0v) is 10.0. The normalized spacial score (nSPS) is 11.2. The van der Waals surface area contributed by atoms with Crippen LogP contribution in [0.5, 0.6) is 5.75 Å². The lowest BCUT2D eigenvalue weighted by Crippen LogP contribution is -1.81. The van der Waals surface area contributed by atoms with E-state index in [9.17, 15) is 5.11 Å². The fraction of sp³-hybridized carbons (Fsp3) is 0.0769. The van der Waals surface area contributed by atoms with Crippen molar-refractivity contribution in [2.24, 2.45) is 0 Å². The molecule has 0 aliphatic rings. The average molecular weight is 242 g/mol. The van der Waals surface area contributed by atoms with Gasteiger partial charge < -0.3 is 5.11 Å². The summed E-state index contributed by atoms with van der Waals surface area (Å²) in [5.41, 5.74) is 2.32. The van der Waals surface area contributed by atoms with Gasteiger partial charge in [-0.25, -0.2) is 4.98 Å². The summed E-state index contributed by atoms with van der Waals surface area (Å²) >= 11 is 1.45. The first-order valence-corrected chi connectivity index (χ1v) is 5.90. The number of nitrogens with zero attached hydrogens (tertiary/aromatic N) is 2. The summed E-state index contributed by atoms with van der Waals surface area (Å²) in [4.78, 5) is 4.27. The Bertz CT molecular complexity index is 591. The summed E-state index contributed by atoms with van der Waals surface area (Å²) in [5.74, 6) is 0.214. The van der Waals surface area contributed by atoms with Crippen LogP contribution in [0.4, 0.5) is 0 Å². The van der Waals surface area contributed by atoms with Crippen LogP contribution < -0.4 is 0 Å². The van der Waals surface area contributed by atoms with E-state index in [1.807, 2.05) is 12.3 Å². The molecule has 0 radical (unpaired) electrons. The first-order valence-electron chi connectivity index (χ1n) is 5.02. The number of hydrogen-bond donors (Lipinski definition) is 1. The number of hydrogen-bond acceptors (Lipinski definition) is 4. The monoisotopic (exact) mass is 242 g/mol.